The number of rotatable bonds is 3. The summed E-state index contributed by atoms with van der Waals surface area (Å²) < 4.78 is 6.73. The van der Waals surface area contributed by atoms with Crippen molar-refractivity contribution in [2.45, 2.75) is 13.5 Å². The molecule has 0 radical (unpaired) electrons. The summed E-state index contributed by atoms with van der Waals surface area (Å²) in [6.45, 7) is 2.70. The van der Waals surface area contributed by atoms with Crippen LogP contribution in [0.25, 0.3) is 11.3 Å². The maximum absolute atomic E-state index is 6.13. The fourth-order valence-corrected chi connectivity index (χ4v) is 2.44. The maximum Gasteiger partial charge on any atom is 0.135 e. The molecule has 1 heterocycles. The van der Waals surface area contributed by atoms with Gasteiger partial charge in [-0.05, 0) is 43.8 Å². The van der Waals surface area contributed by atoms with Crippen LogP contribution in [-0.4, -0.2) is 7.05 Å². The fraction of sp³-hybridized carbons (Fsp3) is 0.231. The van der Waals surface area contributed by atoms with Crippen LogP contribution in [-0.2, 0) is 6.54 Å². The lowest BCUT2D eigenvalue weighted by Crippen LogP contribution is -2.03. The number of furan rings is 1. The van der Waals surface area contributed by atoms with Gasteiger partial charge < -0.3 is 9.73 Å². The Bertz CT molecular complexity index is 536. The van der Waals surface area contributed by atoms with Crippen LogP contribution in [0.4, 0.5) is 0 Å². The van der Waals surface area contributed by atoms with Gasteiger partial charge in [-0.15, -0.1) is 0 Å². The molecule has 0 amide bonds. The molecule has 90 valence electrons. The van der Waals surface area contributed by atoms with Gasteiger partial charge in [0, 0.05) is 15.1 Å². The number of benzene rings is 1. The highest BCUT2D eigenvalue weighted by Crippen LogP contribution is 2.33. The second-order valence-corrected chi connectivity index (χ2v) is 5.14. The van der Waals surface area contributed by atoms with Crippen LogP contribution in [0.5, 0.6) is 0 Å². The number of halogens is 2. The minimum atomic E-state index is 0.719. The first-order valence-electron chi connectivity index (χ1n) is 5.31. The van der Waals surface area contributed by atoms with Gasteiger partial charge >= 0.3 is 0 Å². The molecule has 0 aliphatic rings. The van der Waals surface area contributed by atoms with Crippen LogP contribution in [0.3, 0.4) is 0 Å². The van der Waals surface area contributed by atoms with Crippen molar-refractivity contribution < 1.29 is 4.42 Å². The highest BCUT2D eigenvalue weighted by Gasteiger charge is 2.10. The Labute approximate surface area is 114 Å². The Balaban J connectivity index is 2.41. The second-order valence-electron chi connectivity index (χ2n) is 3.88. The summed E-state index contributed by atoms with van der Waals surface area (Å²) in [6.07, 6.45) is 0. The third kappa shape index (κ3) is 2.73. The number of hydrogen-bond acceptors (Lipinski definition) is 2. The van der Waals surface area contributed by atoms with Gasteiger partial charge in [-0.25, -0.2) is 0 Å². The molecule has 0 fully saturated rings. The predicted octanol–water partition coefficient (Wildman–Crippen LogP) is 4.39. The van der Waals surface area contributed by atoms with Crippen molar-refractivity contribution in [1.29, 1.82) is 0 Å². The Hall–Kier alpha value is -0.770. The van der Waals surface area contributed by atoms with E-state index in [0.29, 0.717) is 0 Å². The summed E-state index contributed by atoms with van der Waals surface area (Å²) in [5.74, 6) is 1.73. The van der Waals surface area contributed by atoms with Crippen LogP contribution < -0.4 is 5.32 Å². The summed E-state index contributed by atoms with van der Waals surface area (Å²) in [4.78, 5) is 0. The molecule has 2 nitrogen and oxygen atoms in total. The lowest BCUT2D eigenvalue weighted by atomic mass is 10.1. The van der Waals surface area contributed by atoms with Crippen molar-refractivity contribution in [3.8, 4) is 11.3 Å². The molecule has 0 aliphatic carbocycles. The fourth-order valence-electron chi connectivity index (χ4n) is 1.63. The van der Waals surface area contributed by atoms with E-state index in [-0.39, 0.29) is 0 Å². The Morgan fingerprint density at radius 3 is 2.82 bits per heavy atom. The molecular formula is C13H13BrClNO. The van der Waals surface area contributed by atoms with Crippen molar-refractivity contribution in [2.24, 2.45) is 0 Å². The first-order chi connectivity index (χ1) is 8.11. The van der Waals surface area contributed by atoms with E-state index in [1.165, 1.54) is 0 Å². The van der Waals surface area contributed by atoms with Crippen LogP contribution in [0.2, 0.25) is 5.02 Å². The predicted molar refractivity (Wildman–Crippen MR) is 74.4 cm³/mol. The third-order valence-electron chi connectivity index (χ3n) is 2.53. The highest BCUT2D eigenvalue weighted by atomic mass is 79.9. The van der Waals surface area contributed by atoms with Gasteiger partial charge in [0.2, 0.25) is 0 Å². The highest BCUT2D eigenvalue weighted by molar-refractivity contribution is 9.10. The first kappa shape index (κ1) is 12.7. The first-order valence-corrected chi connectivity index (χ1v) is 6.48. The van der Waals surface area contributed by atoms with Crippen LogP contribution in [0, 0.1) is 6.92 Å². The van der Waals surface area contributed by atoms with E-state index in [1.807, 2.05) is 38.2 Å². The van der Waals surface area contributed by atoms with Crippen LogP contribution in [0.1, 0.15) is 11.3 Å². The molecule has 0 aliphatic heterocycles. The van der Waals surface area contributed by atoms with Gasteiger partial charge in [0.15, 0.2) is 0 Å². The Kier molecular flexibility index (Phi) is 3.92. The molecule has 2 aromatic rings. The number of aryl methyl sites for hydroxylation is 1. The molecule has 2 rings (SSSR count). The van der Waals surface area contributed by atoms with Gasteiger partial charge in [0.1, 0.15) is 11.5 Å². The molecule has 0 bridgehead atoms. The quantitative estimate of drug-likeness (QED) is 0.909. The summed E-state index contributed by atoms with van der Waals surface area (Å²) >= 11 is 9.66. The summed E-state index contributed by atoms with van der Waals surface area (Å²) in [5.41, 5.74) is 2.02. The molecule has 0 saturated carbocycles. The second kappa shape index (κ2) is 5.25. The van der Waals surface area contributed by atoms with Gasteiger partial charge in [0.05, 0.1) is 6.54 Å². The number of nitrogens with one attached hydrogen (secondary N) is 1. The SMILES string of the molecule is CNCc1ccc(-c2cc(Cl)c(C)cc2Br)o1. The maximum atomic E-state index is 6.13. The monoisotopic (exact) mass is 313 g/mol. The summed E-state index contributed by atoms with van der Waals surface area (Å²) in [7, 11) is 1.89. The topological polar surface area (TPSA) is 25.2 Å². The zero-order chi connectivity index (χ0) is 12.4. The van der Waals surface area contributed by atoms with E-state index in [0.717, 1.165) is 38.7 Å². The van der Waals surface area contributed by atoms with E-state index >= 15 is 0 Å². The van der Waals surface area contributed by atoms with Crippen LogP contribution >= 0.6 is 27.5 Å². The average molecular weight is 315 g/mol. The van der Waals surface area contributed by atoms with E-state index in [2.05, 4.69) is 21.2 Å². The van der Waals surface area contributed by atoms with Crippen LogP contribution in [0.15, 0.2) is 33.2 Å². The molecule has 1 aromatic carbocycles. The normalized spacial score (nSPS) is 10.8. The molecule has 1 aromatic heterocycles. The van der Waals surface area contributed by atoms with Crippen molar-refractivity contribution in [3.63, 3.8) is 0 Å². The molecule has 17 heavy (non-hydrogen) atoms. The Morgan fingerprint density at radius 2 is 2.12 bits per heavy atom. The summed E-state index contributed by atoms with van der Waals surface area (Å²) in [6, 6.07) is 7.84. The summed E-state index contributed by atoms with van der Waals surface area (Å²) in [5, 5.41) is 3.80. The minimum Gasteiger partial charge on any atom is -0.460 e. The van der Waals surface area contributed by atoms with Crippen molar-refractivity contribution in [1.82, 2.24) is 5.32 Å². The largest absolute Gasteiger partial charge is 0.460 e. The molecule has 0 spiro atoms. The average Bonchev–Trinajstić information content (AvgIpc) is 2.72. The zero-order valence-electron chi connectivity index (χ0n) is 9.68. The number of hydrogen-bond donors (Lipinski definition) is 1. The van der Waals surface area contributed by atoms with E-state index < -0.39 is 0 Å². The van der Waals surface area contributed by atoms with E-state index in [9.17, 15) is 0 Å². The van der Waals surface area contributed by atoms with E-state index in [1.54, 1.807) is 0 Å². The van der Waals surface area contributed by atoms with Crippen molar-refractivity contribution in [3.05, 3.63) is 45.1 Å². The van der Waals surface area contributed by atoms with Crippen molar-refractivity contribution >= 4 is 27.5 Å². The molecule has 4 heteroatoms. The molecule has 1 N–H and O–H groups in total. The molecule has 0 unspecified atom stereocenters. The molecular weight excluding hydrogens is 302 g/mol. The smallest absolute Gasteiger partial charge is 0.135 e. The molecule has 0 atom stereocenters. The lowest BCUT2D eigenvalue weighted by molar-refractivity contribution is 0.507. The zero-order valence-corrected chi connectivity index (χ0v) is 12.0. The third-order valence-corrected chi connectivity index (χ3v) is 3.59. The lowest BCUT2D eigenvalue weighted by Gasteiger charge is -2.05. The minimum absolute atomic E-state index is 0.719. The van der Waals surface area contributed by atoms with Gasteiger partial charge in [-0.1, -0.05) is 27.5 Å². The van der Waals surface area contributed by atoms with Gasteiger partial charge in [0.25, 0.3) is 0 Å². The molecule has 0 saturated heterocycles. The van der Waals surface area contributed by atoms with E-state index in [4.69, 9.17) is 16.0 Å². The van der Waals surface area contributed by atoms with Gasteiger partial charge in [-0.2, -0.15) is 0 Å². The van der Waals surface area contributed by atoms with Crippen molar-refractivity contribution in [2.75, 3.05) is 7.05 Å². The Morgan fingerprint density at radius 1 is 1.35 bits per heavy atom. The standard InChI is InChI=1S/C13H13BrClNO/c1-8-5-11(14)10(6-12(8)15)13-4-3-9(17-13)7-16-2/h3-6,16H,7H2,1-2H3. The van der Waals surface area contributed by atoms with Gasteiger partial charge in [-0.3, -0.25) is 0 Å².